The summed E-state index contributed by atoms with van der Waals surface area (Å²) in [4.78, 5) is 43.4. The lowest BCUT2D eigenvalue weighted by molar-refractivity contribution is -0.154. The highest BCUT2D eigenvalue weighted by Gasteiger charge is 2.37. The molecule has 1 aliphatic carbocycles. The van der Waals surface area contributed by atoms with E-state index < -0.39 is 12.0 Å². The summed E-state index contributed by atoms with van der Waals surface area (Å²) in [5, 5.41) is 1.80. The molecule has 0 bridgehead atoms. The normalized spacial score (nSPS) is 16.7. The van der Waals surface area contributed by atoms with Crippen LogP contribution in [0.25, 0.3) is 21.9 Å². The Morgan fingerprint density at radius 2 is 1.94 bits per heavy atom. The number of para-hydroxylation sites is 1. The second-order valence-electron chi connectivity index (χ2n) is 9.52. The van der Waals surface area contributed by atoms with Crippen molar-refractivity contribution in [1.29, 1.82) is 0 Å². The predicted octanol–water partition coefficient (Wildman–Crippen LogP) is 3.58. The van der Waals surface area contributed by atoms with Gasteiger partial charge in [0.25, 0.3) is 5.91 Å². The van der Waals surface area contributed by atoms with E-state index in [2.05, 4.69) is 4.98 Å². The number of aryl methyl sites for hydroxylation is 2. The van der Waals surface area contributed by atoms with Crippen molar-refractivity contribution >= 4 is 33.7 Å². The van der Waals surface area contributed by atoms with Crippen molar-refractivity contribution in [2.75, 3.05) is 13.7 Å². The molecule has 0 saturated heterocycles. The number of carbonyl (C=O) groups is 2. The summed E-state index contributed by atoms with van der Waals surface area (Å²) in [6, 6.07) is 10.8. The molecule has 184 valence electrons. The number of aromatic amines is 1. The van der Waals surface area contributed by atoms with Gasteiger partial charge in [0.1, 0.15) is 17.4 Å². The standard InChI is InChI=1S/C28H26N2O6/c1-15-10-23(26-17-7-5-8-18(17)27(32)36-24(26)11-15)35-14-25(31)30-13-21-19(12-22(30)28(33)34-2)16-6-3-4-9-20(16)29-21/h3-4,6,9-11,22,29H,5,7-8,12-14H2,1-2H3. The Kier molecular flexibility index (Phi) is 5.32. The van der Waals surface area contributed by atoms with E-state index in [4.69, 9.17) is 13.9 Å². The Bertz CT molecular complexity index is 1600. The molecule has 6 rings (SSSR count). The number of esters is 1. The highest BCUT2D eigenvalue weighted by Crippen LogP contribution is 2.36. The molecule has 2 aromatic carbocycles. The van der Waals surface area contributed by atoms with Gasteiger partial charge in [-0.25, -0.2) is 9.59 Å². The minimum atomic E-state index is -0.741. The molecule has 1 N–H and O–H groups in total. The number of benzene rings is 2. The van der Waals surface area contributed by atoms with Crippen LogP contribution in [0.1, 0.15) is 34.4 Å². The average molecular weight is 487 g/mol. The molecule has 0 saturated carbocycles. The highest BCUT2D eigenvalue weighted by atomic mass is 16.5. The van der Waals surface area contributed by atoms with Gasteiger partial charge in [0, 0.05) is 28.6 Å². The fraction of sp³-hybridized carbons (Fsp3) is 0.321. The minimum Gasteiger partial charge on any atom is -0.483 e. The van der Waals surface area contributed by atoms with Crippen LogP contribution in [0.4, 0.5) is 0 Å². The van der Waals surface area contributed by atoms with E-state index >= 15 is 0 Å². The molecule has 1 amide bonds. The summed E-state index contributed by atoms with van der Waals surface area (Å²) < 4.78 is 16.7. The molecule has 8 nitrogen and oxygen atoms in total. The SMILES string of the molecule is COC(=O)C1Cc2c([nH]c3ccccc23)CN1C(=O)COc1cc(C)cc2oc(=O)c3c(c12)CCC3. The number of methoxy groups -OCH3 is 1. The van der Waals surface area contributed by atoms with Crippen LogP contribution in [0, 0.1) is 6.92 Å². The van der Waals surface area contributed by atoms with E-state index in [9.17, 15) is 14.4 Å². The van der Waals surface area contributed by atoms with Gasteiger partial charge in [-0.3, -0.25) is 4.79 Å². The molecule has 1 atom stereocenters. The fourth-order valence-electron chi connectivity index (χ4n) is 5.66. The van der Waals surface area contributed by atoms with Gasteiger partial charge in [0.05, 0.1) is 19.0 Å². The number of rotatable bonds is 4. The van der Waals surface area contributed by atoms with Crippen LogP contribution in [-0.4, -0.2) is 41.5 Å². The van der Waals surface area contributed by atoms with E-state index in [0.717, 1.165) is 51.5 Å². The zero-order valence-corrected chi connectivity index (χ0v) is 20.2. The lowest BCUT2D eigenvalue weighted by atomic mass is 9.96. The number of amides is 1. The second-order valence-corrected chi connectivity index (χ2v) is 9.52. The largest absolute Gasteiger partial charge is 0.483 e. The van der Waals surface area contributed by atoms with E-state index in [-0.39, 0.29) is 24.7 Å². The minimum absolute atomic E-state index is 0.254. The van der Waals surface area contributed by atoms with Crippen molar-refractivity contribution in [3.63, 3.8) is 0 Å². The highest BCUT2D eigenvalue weighted by molar-refractivity contribution is 5.91. The first kappa shape index (κ1) is 22.4. The smallest absolute Gasteiger partial charge is 0.339 e. The Balaban J connectivity index is 1.32. The molecule has 0 fully saturated rings. The molecule has 1 unspecified atom stereocenters. The maximum absolute atomic E-state index is 13.4. The summed E-state index contributed by atoms with van der Waals surface area (Å²) in [6.45, 7) is 1.89. The maximum atomic E-state index is 13.4. The molecule has 4 aromatic rings. The quantitative estimate of drug-likeness (QED) is 0.350. The molecule has 3 heterocycles. The topological polar surface area (TPSA) is 102 Å². The van der Waals surface area contributed by atoms with Crippen LogP contribution in [0.15, 0.2) is 45.6 Å². The first-order valence-electron chi connectivity index (χ1n) is 12.1. The molecule has 8 heteroatoms. The Morgan fingerprint density at radius 1 is 1.14 bits per heavy atom. The molecular weight excluding hydrogens is 460 g/mol. The van der Waals surface area contributed by atoms with E-state index in [1.54, 1.807) is 0 Å². The van der Waals surface area contributed by atoms with Gasteiger partial charge in [0.2, 0.25) is 0 Å². The number of aromatic nitrogens is 1. The summed E-state index contributed by atoms with van der Waals surface area (Å²) in [7, 11) is 1.33. The molecule has 0 spiro atoms. The molecule has 1 aliphatic heterocycles. The molecule has 0 radical (unpaired) electrons. The van der Waals surface area contributed by atoms with E-state index in [1.165, 1.54) is 12.0 Å². The molecule has 2 aromatic heterocycles. The first-order chi connectivity index (χ1) is 17.4. The third kappa shape index (κ3) is 3.56. The van der Waals surface area contributed by atoms with Crippen molar-refractivity contribution in [3.05, 3.63) is 74.8 Å². The van der Waals surface area contributed by atoms with E-state index in [0.29, 0.717) is 29.7 Å². The van der Waals surface area contributed by atoms with Crippen molar-refractivity contribution in [1.82, 2.24) is 9.88 Å². The van der Waals surface area contributed by atoms with Crippen LogP contribution in [-0.2, 0) is 40.1 Å². The third-order valence-corrected chi connectivity index (χ3v) is 7.33. The number of fused-ring (bicyclic) bond motifs is 6. The monoisotopic (exact) mass is 486 g/mol. The van der Waals surface area contributed by atoms with Gasteiger partial charge >= 0.3 is 11.6 Å². The second kappa shape index (κ2) is 8.55. The van der Waals surface area contributed by atoms with Gasteiger partial charge in [-0.2, -0.15) is 0 Å². The van der Waals surface area contributed by atoms with Gasteiger partial charge < -0.3 is 23.8 Å². The summed E-state index contributed by atoms with van der Waals surface area (Å²) >= 11 is 0. The van der Waals surface area contributed by atoms with Crippen LogP contribution >= 0.6 is 0 Å². The maximum Gasteiger partial charge on any atom is 0.339 e. The van der Waals surface area contributed by atoms with Crippen LogP contribution in [0.3, 0.4) is 0 Å². The lowest BCUT2D eigenvalue weighted by Crippen LogP contribution is -2.50. The van der Waals surface area contributed by atoms with Crippen molar-refractivity contribution in [3.8, 4) is 5.75 Å². The molecule has 2 aliphatic rings. The summed E-state index contributed by atoms with van der Waals surface area (Å²) in [6.07, 6.45) is 2.70. The van der Waals surface area contributed by atoms with Gasteiger partial charge in [-0.15, -0.1) is 0 Å². The molecule has 36 heavy (non-hydrogen) atoms. The Labute approximate surface area is 206 Å². The van der Waals surface area contributed by atoms with Crippen LogP contribution < -0.4 is 10.4 Å². The number of hydrogen-bond donors (Lipinski definition) is 1. The van der Waals surface area contributed by atoms with Gasteiger partial charge in [-0.05, 0) is 61.1 Å². The van der Waals surface area contributed by atoms with Gasteiger partial charge in [0.15, 0.2) is 6.61 Å². The van der Waals surface area contributed by atoms with E-state index in [1.807, 2.05) is 43.3 Å². The number of nitrogens with zero attached hydrogens (tertiary/aromatic N) is 1. The van der Waals surface area contributed by atoms with Crippen LogP contribution in [0.2, 0.25) is 0 Å². The lowest BCUT2D eigenvalue weighted by Gasteiger charge is -2.33. The number of H-pyrrole nitrogens is 1. The fourth-order valence-corrected chi connectivity index (χ4v) is 5.66. The number of nitrogens with one attached hydrogen (secondary N) is 1. The summed E-state index contributed by atoms with van der Waals surface area (Å²) in [5.41, 5.74) is 5.57. The zero-order chi connectivity index (χ0) is 25.0. The third-order valence-electron chi connectivity index (χ3n) is 7.33. The van der Waals surface area contributed by atoms with Gasteiger partial charge in [-0.1, -0.05) is 18.2 Å². The predicted molar refractivity (Wildman–Crippen MR) is 133 cm³/mol. The van der Waals surface area contributed by atoms with Crippen LogP contribution in [0.5, 0.6) is 5.75 Å². The van der Waals surface area contributed by atoms with Crippen molar-refractivity contribution in [2.24, 2.45) is 0 Å². The number of ether oxygens (including phenoxy) is 2. The Hall–Kier alpha value is -4.07. The number of carbonyl (C=O) groups excluding carboxylic acids is 2. The molecular formula is C28H26N2O6. The van der Waals surface area contributed by atoms with Crippen molar-refractivity contribution in [2.45, 2.75) is 45.2 Å². The zero-order valence-electron chi connectivity index (χ0n) is 20.2. The Morgan fingerprint density at radius 3 is 2.78 bits per heavy atom. The first-order valence-corrected chi connectivity index (χ1v) is 12.1. The van der Waals surface area contributed by atoms with Crippen molar-refractivity contribution < 1.29 is 23.5 Å². The number of hydrogen-bond acceptors (Lipinski definition) is 6. The summed E-state index contributed by atoms with van der Waals surface area (Å²) in [5.74, 6) is -0.267. The average Bonchev–Trinajstić information content (AvgIpc) is 3.50.